The van der Waals surface area contributed by atoms with E-state index >= 15 is 0 Å². The number of aryl methyl sites for hydroxylation is 2. The smallest absolute Gasteiger partial charge is 0.273 e. The summed E-state index contributed by atoms with van der Waals surface area (Å²) in [6, 6.07) is 17.6. The molecule has 0 heterocycles. The molecule has 8 heteroatoms. The van der Waals surface area contributed by atoms with Crippen LogP contribution in [0.3, 0.4) is 0 Å². The summed E-state index contributed by atoms with van der Waals surface area (Å²) in [5, 5.41) is 6.81. The average molecular weight is 461 g/mol. The number of amides is 2. The fraction of sp³-hybridized carbons (Fsp3) is 0.192. The summed E-state index contributed by atoms with van der Waals surface area (Å²) in [4.78, 5) is 24.5. The van der Waals surface area contributed by atoms with Gasteiger partial charge in [0.1, 0.15) is 0 Å². The van der Waals surface area contributed by atoms with Gasteiger partial charge in [0.15, 0.2) is 18.1 Å². The first-order valence-corrected chi connectivity index (χ1v) is 10.8. The Kier molecular flexibility index (Phi) is 8.23. The summed E-state index contributed by atoms with van der Waals surface area (Å²) in [7, 11) is 0. The Morgan fingerprint density at radius 3 is 2.50 bits per heavy atom. The third-order valence-electron chi connectivity index (χ3n) is 5.00. The minimum absolute atomic E-state index is 0.172. The molecule has 3 aromatic carbocycles. The van der Waals surface area contributed by atoms with Crippen molar-refractivity contribution in [2.45, 2.75) is 20.8 Å². The van der Waals surface area contributed by atoms with Gasteiger partial charge < -0.3 is 20.5 Å². The number of nitrogens with two attached hydrogens (primary N) is 1. The van der Waals surface area contributed by atoms with Crippen molar-refractivity contribution in [3.05, 3.63) is 82.9 Å². The highest BCUT2D eigenvalue weighted by molar-refractivity contribution is 5.99. The number of para-hydroxylation sites is 1. The second kappa shape index (κ2) is 11.5. The van der Waals surface area contributed by atoms with Crippen molar-refractivity contribution in [3.8, 4) is 11.5 Å². The molecule has 0 aromatic heterocycles. The summed E-state index contributed by atoms with van der Waals surface area (Å²) < 4.78 is 11.3. The first kappa shape index (κ1) is 24.3. The number of benzene rings is 3. The number of carbonyl (C=O) groups is 2. The molecule has 0 spiro atoms. The van der Waals surface area contributed by atoms with E-state index in [1.54, 1.807) is 42.5 Å². The van der Waals surface area contributed by atoms with Gasteiger partial charge in [0, 0.05) is 11.4 Å². The number of nitrogen functional groups attached to an aromatic ring is 1. The number of hydrazone groups is 1. The molecule has 0 aliphatic carbocycles. The quantitative estimate of drug-likeness (QED) is 0.253. The van der Waals surface area contributed by atoms with Gasteiger partial charge in [-0.2, -0.15) is 5.10 Å². The molecule has 0 saturated heterocycles. The molecule has 0 fully saturated rings. The summed E-state index contributed by atoms with van der Waals surface area (Å²) in [6.07, 6.45) is 1.48. The second-order valence-electron chi connectivity index (χ2n) is 7.56. The minimum Gasteiger partial charge on any atom is -0.490 e. The summed E-state index contributed by atoms with van der Waals surface area (Å²) >= 11 is 0. The monoisotopic (exact) mass is 460 g/mol. The normalized spacial score (nSPS) is 10.7. The maximum absolute atomic E-state index is 12.3. The molecule has 2 amide bonds. The van der Waals surface area contributed by atoms with Gasteiger partial charge in [-0.3, -0.25) is 9.59 Å². The Balaban J connectivity index is 1.61. The van der Waals surface area contributed by atoms with E-state index in [0.29, 0.717) is 40.6 Å². The van der Waals surface area contributed by atoms with Crippen LogP contribution in [0.15, 0.2) is 65.8 Å². The number of nitrogens with one attached hydrogen (secondary N) is 2. The number of ether oxygens (including phenoxy) is 2. The van der Waals surface area contributed by atoms with Gasteiger partial charge in [0.2, 0.25) is 0 Å². The summed E-state index contributed by atoms with van der Waals surface area (Å²) in [6.45, 7) is 6.09. The van der Waals surface area contributed by atoms with Crippen LogP contribution in [0.2, 0.25) is 0 Å². The van der Waals surface area contributed by atoms with Crippen LogP contribution >= 0.6 is 0 Å². The number of nitrogens with zero attached hydrogens (tertiary/aromatic N) is 1. The van der Waals surface area contributed by atoms with Crippen molar-refractivity contribution >= 4 is 29.4 Å². The highest BCUT2D eigenvalue weighted by atomic mass is 16.5. The van der Waals surface area contributed by atoms with Gasteiger partial charge in [-0.05, 0) is 79.9 Å². The number of anilines is 2. The Morgan fingerprint density at radius 1 is 0.971 bits per heavy atom. The molecule has 0 unspecified atom stereocenters. The maximum Gasteiger partial charge on any atom is 0.273 e. The molecule has 176 valence electrons. The Labute approximate surface area is 198 Å². The van der Waals surface area contributed by atoms with Gasteiger partial charge in [0.25, 0.3) is 11.8 Å². The predicted molar refractivity (Wildman–Crippen MR) is 134 cm³/mol. The Hall–Kier alpha value is -4.33. The summed E-state index contributed by atoms with van der Waals surface area (Å²) in [5.41, 5.74) is 12.6. The molecule has 3 rings (SSSR count). The maximum atomic E-state index is 12.3. The van der Waals surface area contributed by atoms with Gasteiger partial charge >= 0.3 is 0 Å². The molecule has 0 radical (unpaired) electrons. The van der Waals surface area contributed by atoms with Crippen molar-refractivity contribution in [1.29, 1.82) is 0 Å². The fourth-order valence-electron chi connectivity index (χ4n) is 3.08. The van der Waals surface area contributed by atoms with Gasteiger partial charge in [-0.15, -0.1) is 0 Å². The van der Waals surface area contributed by atoms with E-state index in [1.807, 2.05) is 39.0 Å². The zero-order chi connectivity index (χ0) is 24.5. The van der Waals surface area contributed by atoms with E-state index in [1.165, 1.54) is 6.21 Å². The molecule has 0 atom stereocenters. The minimum atomic E-state index is -0.408. The molecule has 0 aliphatic heterocycles. The largest absolute Gasteiger partial charge is 0.490 e. The number of rotatable bonds is 9. The molecule has 3 aromatic rings. The van der Waals surface area contributed by atoms with E-state index in [4.69, 9.17) is 15.2 Å². The van der Waals surface area contributed by atoms with Crippen molar-refractivity contribution in [2.75, 3.05) is 24.3 Å². The zero-order valence-electron chi connectivity index (χ0n) is 19.4. The van der Waals surface area contributed by atoms with Crippen LogP contribution in [0.1, 0.15) is 34.0 Å². The highest BCUT2D eigenvalue weighted by Crippen LogP contribution is 2.28. The van der Waals surface area contributed by atoms with Crippen LogP contribution in [0, 0.1) is 13.8 Å². The summed E-state index contributed by atoms with van der Waals surface area (Å²) in [5.74, 6) is 0.202. The predicted octanol–water partition coefficient (Wildman–Crippen LogP) is 4.07. The van der Waals surface area contributed by atoms with E-state index in [9.17, 15) is 9.59 Å². The van der Waals surface area contributed by atoms with Gasteiger partial charge in [-0.25, -0.2) is 5.43 Å². The number of carbonyl (C=O) groups excluding carboxylic acids is 2. The van der Waals surface area contributed by atoms with Crippen LogP contribution in [0.25, 0.3) is 0 Å². The van der Waals surface area contributed by atoms with Crippen LogP contribution < -0.4 is 25.9 Å². The standard InChI is InChI=1S/C26H28N4O4/c1-4-33-24-14-19(15-28-30-26(32)21-7-5-6-8-22(21)27)10-12-23(24)34-16-25(31)29-20-11-9-17(2)18(3)13-20/h5-15H,4,16,27H2,1-3H3,(H,29,31)(H,30,32). The molecule has 34 heavy (non-hydrogen) atoms. The van der Waals surface area contributed by atoms with Gasteiger partial charge in [-0.1, -0.05) is 18.2 Å². The fourth-order valence-corrected chi connectivity index (χ4v) is 3.08. The zero-order valence-corrected chi connectivity index (χ0v) is 19.4. The van der Waals surface area contributed by atoms with E-state index in [-0.39, 0.29) is 12.5 Å². The van der Waals surface area contributed by atoms with E-state index < -0.39 is 5.91 Å². The van der Waals surface area contributed by atoms with Crippen molar-refractivity contribution in [1.82, 2.24) is 5.43 Å². The van der Waals surface area contributed by atoms with Crippen molar-refractivity contribution in [3.63, 3.8) is 0 Å². The topological polar surface area (TPSA) is 115 Å². The average Bonchev–Trinajstić information content (AvgIpc) is 2.81. The Bertz CT molecular complexity index is 1210. The lowest BCUT2D eigenvalue weighted by molar-refractivity contribution is -0.118. The molecule has 0 saturated carbocycles. The second-order valence-corrected chi connectivity index (χ2v) is 7.56. The highest BCUT2D eigenvalue weighted by Gasteiger charge is 2.10. The SMILES string of the molecule is CCOc1cc(C=NNC(=O)c2ccccc2N)ccc1OCC(=O)Nc1ccc(C)c(C)c1. The lowest BCUT2D eigenvalue weighted by Gasteiger charge is -2.13. The van der Waals surface area contributed by atoms with Crippen molar-refractivity contribution in [2.24, 2.45) is 5.10 Å². The molecule has 4 N–H and O–H groups in total. The molecule has 0 bridgehead atoms. The first-order chi connectivity index (χ1) is 16.4. The van der Waals surface area contributed by atoms with Crippen LogP contribution in [-0.2, 0) is 4.79 Å². The van der Waals surface area contributed by atoms with Crippen LogP contribution in [-0.4, -0.2) is 31.2 Å². The molecule has 8 nitrogen and oxygen atoms in total. The number of hydrogen-bond donors (Lipinski definition) is 3. The van der Waals surface area contributed by atoms with Crippen molar-refractivity contribution < 1.29 is 19.1 Å². The molecular formula is C26H28N4O4. The third kappa shape index (κ3) is 6.59. The first-order valence-electron chi connectivity index (χ1n) is 10.8. The van der Waals surface area contributed by atoms with Gasteiger partial charge in [0.05, 0.1) is 18.4 Å². The Morgan fingerprint density at radius 2 is 1.76 bits per heavy atom. The van der Waals surface area contributed by atoms with E-state index in [2.05, 4.69) is 15.8 Å². The molecular weight excluding hydrogens is 432 g/mol. The van der Waals surface area contributed by atoms with Crippen LogP contribution in [0.4, 0.5) is 11.4 Å². The van der Waals surface area contributed by atoms with E-state index in [0.717, 1.165) is 11.1 Å². The third-order valence-corrected chi connectivity index (χ3v) is 5.00. The molecule has 0 aliphatic rings. The lowest BCUT2D eigenvalue weighted by atomic mass is 10.1. The number of hydrogen-bond acceptors (Lipinski definition) is 6. The lowest BCUT2D eigenvalue weighted by Crippen LogP contribution is -2.20. The van der Waals surface area contributed by atoms with Crippen LogP contribution in [0.5, 0.6) is 11.5 Å².